The van der Waals surface area contributed by atoms with Gasteiger partial charge >= 0.3 is 0 Å². The van der Waals surface area contributed by atoms with Crippen molar-refractivity contribution in [3.8, 4) is 5.75 Å². The molecule has 0 atom stereocenters. The molecule has 27 heavy (non-hydrogen) atoms. The summed E-state index contributed by atoms with van der Waals surface area (Å²) in [6.07, 6.45) is 3.23. The molecule has 1 saturated heterocycles. The molecule has 1 aliphatic heterocycles. The summed E-state index contributed by atoms with van der Waals surface area (Å²) < 4.78 is 16.5. The van der Waals surface area contributed by atoms with Gasteiger partial charge in [-0.05, 0) is 48.6 Å². The van der Waals surface area contributed by atoms with E-state index in [-0.39, 0.29) is 5.78 Å². The largest absolute Gasteiger partial charge is 0.493 e. The molecule has 4 rings (SSSR count). The molecule has 0 amide bonds. The van der Waals surface area contributed by atoms with Gasteiger partial charge in [-0.25, -0.2) is 0 Å². The fourth-order valence-electron chi connectivity index (χ4n) is 3.21. The maximum absolute atomic E-state index is 12.5. The van der Waals surface area contributed by atoms with Gasteiger partial charge in [0, 0.05) is 29.7 Å². The van der Waals surface area contributed by atoms with Crippen molar-refractivity contribution in [1.82, 2.24) is 0 Å². The minimum absolute atomic E-state index is 0.0593. The van der Waals surface area contributed by atoms with Crippen LogP contribution in [0.4, 0.5) is 5.69 Å². The number of methoxy groups -OCH3 is 1. The molecule has 2 aromatic carbocycles. The number of carbonyl (C=O) groups is 1. The van der Waals surface area contributed by atoms with Crippen LogP contribution in [-0.4, -0.2) is 39.2 Å². The monoisotopic (exact) mass is 363 g/mol. The van der Waals surface area contributed by atoms with Crippen molar-refractivity contribution in [2.75, 3.05) is 38.3 Å². The van der Waals surface area contributed by atoms with Crippen LogP contribution in [0.2, 0.25) is 0 Å². The fourth-order valence-corrected chi connectivity index (χ4v) is 3.21. The molecule has 3 aromatic rings. The van der Waals surface area contributed by atoms with Crippen LogP contribution in [0.15, 0.2) is 59.0 Å². The zero-order chi connectivity index (χ0) is 18.6. The van der Waals surface area contributed by atoms with Crippen LogP contribution >= 0.6 is 0 Å². The van der Waals surface area contributed by atoms with E-state index in [0.29, 0.717) is 22.7 Å². The van der Waals surface area contributed by atoms with Crippen LogP contribution in [0, 0.1) is 0 Å². The average Bonchev–Trinajstić information content (AvgIpc) is 3.16. The van der Waals surface area contributed by atoms with Crippen molar-refractivity contribution in [2.24, 2.45) is 0 Å². The SMILES string of the molecule is COc1cccc2cc(C=CC(=O)c3ccc(N4CCOCC4)cc3)oc12. The number of allylic oxidation sites excluding steroid dienone is 1. The Balaban J connectivity index is 1.48. The highest BCUT2D eigenvalue weighted by Gasteiger charge is 2.12. The number of ether oxygens (including phenoxy) is 2. The number of fused-ring (bicyclic) bond motifs is 1. The number of morpholine rings is 1. The van der Waals surface area contributed by atoms with E-state index in [1.807, 2.05) is 48.5 Å². The Kier molecular flexibility index (Phi) is 4.94. The summed E-state index contributed by atoms with van der Waals surface area (Å²) in [5.74, 6) is 1.24. The molecule has 0 bridgehead atoms. The maximum atomic E-state index is 12.5. The third-order valence-electron chi connectivity index (χ3n) is 4.67. The topological polar surface area (TPSA) is 51.9 Å². The number of furan rings is 1. The molecule has 5 heteroatoms. The molecule has 1 aromatic heterocycles. The number of ketones is 1. The third kappa shape index (κ3) is 3.73. The Morgan fingerprint density at radius 3 is 2.63 bits per heavy atom. The number of anilines is 1. The highest BCUT2D eigenvalue weighted by Crippen LogP contribution is 2.29. The molecule has 1 aliphatic rings. The van der Waals surface area contributed by atoms with Crippen molar-refractivity contribution >= 4 is 28.5 Å². The van der Waals surface area contributed by atoms with Crippen LogP contribution in [0.5, 0.6) is 5.75 Å². The predicted molar refractivity (Wildman–Crippen MR) is 106 cm³/mol. The van der Waals surface area contributed by atoms with Crippen LogP contribution in [0.3, 0.4) is 0 Å². The summed E-state index contributed by atoms with van der Waals surface area (Å²) in [5.41, 5.74) is 2.45. The lowest BCUT2D eigenvalue weighted by Crippen LogP contribution is -2.36. The van der Waals surface area contributed by atoms with E-state index >= 15 is 0 Å². The maximum Gasteiger partial charge on any atom is 0.185 e. The van der Waals surface area contributed by atoms with E-state index in [1.54, 1.807) is 13.2 Å². The van der Waals surface area contributed by atoms with E-state index in [1.165, 1.54) is 6.08 Å². The Hall–Kier alpha value is -3.05. The number of nitrogens with zero attached hydrogens (tertiary/aromatic N) is 1. The van der Waals surface area contributed by atoms with E-state index in [0.717, 1.165) is 37.4 Å². The summed E-state index contributed by atoms with van der Waals surface area (Å²) in [5, 5.41) is 0.941. The van der Waals surface area contributed by atoms with Gasteiger partial charge in [-0.15, -0.1) is 0 Å². The Bertz CT molecular complexity index is 966. The molecular formula is C22H21NO4. The summed E-state index contributed by atoms with van der Waals surface area (Å²) in [7, 11) is 1.61. The van der Waals surface area contributed by atoms with Crippen LogP contribution in [-0.2, 0) is 4.74 Å². The first-order chi connectivity index (χ1) is 13.2. The van der Waals surface area contributed by atoms with Crippen molar-refractivity contribution in [1.29, 1.82) is 0 Å². The number of rotatable bonds is 5. The summed E-state index contributed by atoms with van der Waals surface area (Å²) >= 11 is 0. The summed E-state index contributed by atoms with van der Waals surface area (Å²) in [6, 6.07) is 15.3. The number of benzene rings is 2. The van der Waals surface area contributed by atoms with E-state index in [4.69, 9.17) is 13.9 Å². The minimum Gasteiger partial charge on any atom is -0.493 e. The van der Waals surface area contributed by atoms with Gasteiger partial charge in [-0.2, -0.15) is 0 Å². The van der Waals surface area contributed by atoms with Gasteiger partial charge in [0.2, 0.25) is 0 Å². The summed E-state index contributed by atoms with van der Waals surface area (Å²) in [6.45, 7) is 3.24. The number of carbonyl (C=O) groups excluding carboxylic acids is 1. The predicted octanol–water partition coefficient (Wildman–Crippen LogP) is 4.17. The normalized spacial score (nSPS) is 14.8. The molecule has 2 heterocycles. The zero-order valence-corrected chi connectivity index (χ0v) is 15.2. The van der Waals surface area contributed by atoms with E-state index in [2.05, 4.69) is 4.90 Å². The van der Waals surface area contributed by atoms with Crippen LogP contribution in [0.25, 0.3) is 17.0 Å². The molecule has 0 N–H and O–H groups in total. The smallest absolute Gasteiger partial charge is 0.185 e. The van der Waals surface area contributed by atoms with Crippen molar-refractivity contribution in [3.63, 3.8) is 0 Å². The second kappa shape index (κ2) is 7.68. The standard InChI is InChI=1S/C22H21NO4/c1-25-21-4-2-3-17-15-19(27-22(17)21)9-10-20(24)16-5-7-18(8-6-16)23-11-13-26-14-12-23/h2-10,15H,11-14H2,1H3. The lowest BCUT2D eigenvalue weighted by Gasteiger charge is -2.28. The second-order valence-electron chi connectivity index (χ2n) is 6.37. The van der Waals surface area contributed by atoms with Crippen molar-refractivity contribution in [2.45, 2.75) is 0 Å². The van der Waals surface area contributed by atoms with E-state index in [9.17, 15) is 4.79 Å². The fraction of sp³-hybridized carbons (Fsp3) is 0.227. The average molecular weight is 363 g/mol. The first kappa shape index (κ1) is 17.4. The van der Waals surface area contributed by atoms with E-state index < -0.39 is 0 Å². The van der Waals surface area contributed by atoms with Gasteiger partial charge in [-0.3, -0.25) is 4.79 Å². The first-order valence-corrected chi connectivity index (χ1v) is 8.96. The summed E-state index contributed by atoms with van der Waals surface area (Å²) in [4.78, 5) is 14.7. The molecule has 5 nitrogen and oxygen atoms in total. The van der Waals surface area contributed by atoms with Gasteiger partial charge in [0.05, 0.1) is 20.3 Å². The highest BCUT2D eigenvalue weighted by atomic mass is 16.5. The lowest BCUT2D eigenvalue weighted by atomic mass is 10.1. The number of hydrogen-bond donors (Lipinski definition) is 0. The van der Waals surface area contributed by atoms with Crippen molar-refractivity contribution in [3.05, 3.63) is 65.9 Å². The van der Waals surface area contributed by atoms with Gasteiger partial charge in [0.25, 0.3) is 0 Å². The van der Waals surface area contributed by atoms with Crippen molar-refractivity contribution < 1.29 is 18.7 Å². The molecule has 1 fully saturated rings. The molecule has 0 saturated carbocycles. The quantitative estimate of drug-likeness (QED) is 0.503. The second-order valence-corrected chi connectivity index (χ2v) is 6.37. The zero-order valence-electron chi connectivity index (χ0n) is 15.2. The molecule has 0 aliphatic carbocycles. The van der Waals surface area contributed by atoms with Gasteiger partial charge in [0.1, 0.15) is 5.76 Å². The van der Waals surface area contributed by atoms with Gasteiger partial charge in [-0.1, -0.05) is 12.1 Å². The third-order valence-corrected chi connectivity index (χ3v) is 4.67. The first-order valence-electron chi connectivity index (χ1n) is 8.96. The molecule has 138 valence electrons. The number of para-hydroxylation sites is 1. The Morgan fingerprint density at radius 1 is 1.11 bits per heavy atom. The lowest BCUT2D eigenvalue weighted by molar-refractivity contribution is 0.104. The Labute approximate surface area is 157 Å². The van der Waals surface area contributed by atoms with Gasteiger partial charge < -0.3 is 18.8 Å². The molecule has 0 unspecified atom stereocenters. The van der Waals surface area contributed by atoms with Crippen LogP contribution < -0.4 is 9.64 Å². The molecular weight excluding hydrogens is 342 g/mol. The molecule has 0 radical (unpaired) electrons. The Morgan fingerprint density at radius 2 is 1.89 bits per heavy atom. The molecule has 0 spiro atoms. The van der Waals surface area contributed by atoms with Gasteiger partial charge in [0.15, 0.2) is 17.1 Å². The highest BCUT2D eigenvalue weighted by molar-refractivity contribution is 6.07. The minimum atomic E-state index is -0.0593. The number of hydrogen-bond acceptors (Lipinski definition) is 5. The van der Waals surface area contributed by atoms with Crippen LogP contribution in [0.1, 0.15) is 16.1 Å².